The highest BCUT2D eigenvalue weighted by molar-refractivity contribution is 5.24. The van der Waals surface area contributed by atoms with Crippen molar-refractivity contribution in [3.8, 4) is 0 Å². The number of halogens is 3. The molecule has 1 heterocycles. The van der Waals surface area contributed by atoms with Gasteiger partial charge < -0.3 is 10.1 Å². The maximum atomic E-state index is 14.0. The molecule has 2 atom stereocenters. The highest BCUT2D eigenvalue weighted by atomic mass is 19.2. The van der Waals surface area contributed by atoms with Crippen LogP contribution in [0.3, 0.4) is 0 Å². The molecule has 1 N–H and O–H groups in total. The maximum Gasteiger partial charge on any atom is 0.161 e. The largest absolute Gasteiger partial charge is 0.381 e. The molecular formula is C15H20F3NO. The Kier molecular flexibility index (Phi) is 5.43. The summed E-state index contributed by atoms with van der Waals surface area (Å²) in [5.74, 6) is -2.79. The van der Waals surface area contributed by atoms with Gasteiger partial charge in [0.2, 0.25) is 0 Å². The second-order valence-electron chi connectivity index (χ2n) is 5.20. The molecule has 0 amide bonds. The van der Waals surface area contributed by atoms with Crippen molar-refractivity contribution in [3.05, 3.63) is 35.1 Å². The van der Waals surface area contributed by atoms with Crippen molar-refractivity contribution in [2.45, 2.75) is 32.2 Å². The smallest absolute Gasteiger partial charge is 0.161 e. The lowest BCUT2D eigenvalue weighted by molar-refractivity contribution is 0.0384. The fourth-order valence-electron chi connectivity index (χ4n) is 2.64. The minimum Gasteiger partial charge on any atom is -0.381 e. The number of rotatable bonds is 5. The van der Waals surface area contributed by atoms with E-state index in [1.54, 1.807) is 0 Å². The lowest BCUT2D eigenvalue weighted by Gasteiger charge is -2.31. The zero-order valence-electron chi connectivity index (χ0n) is 11.6. The Morgan fingerprint density at radius 3 is 2.65 bits per heavy atom. The molecule has 0 aromatic heterocycles. The summed E-state index contributed by atoms with van der Waals surface area (Å²) in [5.41, 5.74) is 0.188. The number of ether oxygens (including phenoxy) is 1. The van der Waals surface area contributed by atoms with E-state index in [0.717, 1.165) is 25.3 Å². The van der Waals surface area contributed by atoms with Gasteiger partial charge in [-0.2, -0.15) is 0 Å². The standard InChI is InChI=1S/C15H20F3NO/c1-2-5-19-15(10-4-3-6-20-9-10)11-7-13(17)14(18)8-12(11)16/h7-8,10,15,19H,2-6,9H2,1H3. The third-order valence-corrected chi connectivity index (χ3v) is 3.66. The SMILES string of the molecule is CCCNC(c1cc(F)c(F)cc1F)C1CCCOC1. The molecule has 1 aliphatic heterocycles. The van der Waals surface area contributed by atoms with E-state index in [9.17, 15) is 13.2 Å². The van der Waals surface area contributed by atoms with Gasteiger partial charge in [0.15, 0.2) is 11.6 Å². The quantitative estimate of drug-likeness (QED) is 0.836. The summed E-state index contributed by atoms with van der Waals surface area (Å²) in [6.45, 7) is 3.92. The Labute approximate surface area is 117 Å². The molecule has 1 aromatic rings. The summed E-state index contributed by atoms with van der Waals surface area (Å²) in [5, 5.41) is 3.23. The average Bonchev–Trinajstić information content (AvgIpc) is 2.45. The highest BCUT2D eigenvalue weighted by Crippen LogP contribution is 2.31. The molecule has 2 nitrogen and oxygen atoms in total. The number of benzene rings is 1. The van der Waals surface area contributed by atoms with E-state index in [0.29, 0.717) is 25.8 Å². The zero-order valence-corrected chi connectivity index (χ0v) is 11.6. The van der Waals surface area contributed by atoms with E-state index in [1.807, 2.05) is 6.92 Å². The molecule has 0 aliphatic carbocycles. The molecule has 5 heteroatoms. The van der Waals surface area contributed by atoms with Gasteiger partial charge in [0.1, 0.15) is 5.82 Å². The first-order valence-electron chi connectivity index (χ1n) is 7.09. The summed E-state index contributed by atoms with van der Waals surface area (Å²) in [4.78, 5) is 0. The van der Waals surface area contributed by atoms with Crippen molar-refractivity contribution in [1.29, 1.82) is 0 Å². The normalized spacial score (nSPS) is 20.9. The van der Waals surface area contributed by atoms with Gasteiger partial charge in [-0.25, -0.2) is 13.2 Å². The zero-order chi connectivity index (χ0) is 14.5. The Morgan fingerprint density at radius 1 is 1.25 bits per heavy atom. The van der Waals surface area contributed by atoms with Gasteiger partial charge in [0.05, 0.1) is 6.61 Å². The molecule has 1 aliphatic rings. The first-order chi connectivity index (χ1) is 9.63. The van der Waals surface area contributed by atoms with Crippen molar-refractivity contribution in [2.24, 2.45) is 5.92 Å². The van der Waals surface area contributed by atoms with Gasteiger partial charge in [-0.1, -0.05) is 6.92 Å². The molecule has 0 radical (unpaired) electrons. The van der Waals surface area contributed by atoms with Gasteiger partial charge in [-0.15, -0.1) is 0 Å². The molecule has 2 rings (SSSR count). The van der Waals surface area contributed by atoms with E-state index in [1.165, 1.54) is 0 Å². The first-order valence-corrected chi connectivity index (χ1v) is 7.09. The molecule has 0 spiro atoms. The van der Waals surface area contributed by atoms with E-state index in [4.69, 9.17) is 4.74 Å². The summed E-state index contributed by atoms with van der Waals surface area (Å²) >= 11 is 0. The average molecular weight is 287 g/mol. The van der Waals surface area contributed by atoms with Crippen molar-refractivity contribution in [1.82, 2.24) is 5.32 Å². The van der Waals surface area contributed by atoms with E-state index >= 15 is 0 Å². The predicted molar refractivity (Wildman–Crippen MR) is 70.9 cm³/mol. The van der Waals surface area contributed by atoms with Crippen LogP contribution in [-0.4, -0.2) is 19.8 Å². The third kappa shape index (κ3) is 3.52. The van der Waals surface area contributed by atoms with Crippen LogP contribution in [0.4, 0.5) is 13.2 Å². The van der Waals surface area contributed by atoms with Crippen molar-refractivity contribution in [3.63, 3.8) is 0 Å². The van der Waals surface area contributed by atoms with Crippen molar-refractivity contribution >= 4 is 0 Å². The molecule has 1 fully saturated rings. The second-order valence-corrected chi connectivity index (χ2v) is 5.20. The summed E-state index contributed by atoms with van der Waals surface area (Å²) in [7, 11) is 0. The Balaban J connectivity index is 2.27. The van der Waals surface area contributed by atoms with Crippen LogP contribution in [0.25, 0.3) is 0 Å². The van der Waals surface area contributed by atoms with Crippen LogP contribution < -0.4 is 5.32 Å². The molecule has 20 heavy (non-hydrogen) atoms. The van der Waals surface area contributed by atoms with Gasteiger partial charge in [-0.05, 0) is 31.9 Å². The van der Waals surface area contributed by atoms with Crippen LogP contribution in [0.2, 0.25) is 0 Å². The second kappa shape index (κ2) is 7.09. The summed E-state index contributed by atoms with van der Waals surface area (Å²) in [6.07, 6.45) is 2.68. The highest BCUT2D eigenvalue weighted by Gasteiger charge is 2.28. The monoisotopic (exact) mass is 287 g/mol. The Morgan fingerprint density at radius 2 is 2.00 bits per heavy atom. The van der Waals surface area contributed by atoms with Gasteiger partial charge in [0.25, 0.3) is 0 Å². The predicted octanol–water partition coefficient (Wildman–Crippen LogP) is 3.57. The summed E-state index contributed by atoms with van der Waals surface area (Å²) < 4.78 is 45.9. The Bertz CT molecular complexity index is 447. The minimum atomic E-state index is -1.15. The third-order valence-electron chi connectivity index (χ3n) is 3.66. The van der Waals surface area contributed by atoms with E-state index in [2.05, 4.69) is 5.32 Å². The number of hydrogen-bond donors (Lipinski definition) is 1. The van der Waals surface area contributed by atoms with Gasteiger partial charge >= 0.3 is 0 Å². The topological polar surface area (TPSA) is 21.3 Å². The van der Waals surface area contributed by atoms with Crippen LogP contribution in [0.5, 0.6) is 0 Å². The lowest BCUT2D eigenvalue weighted by Crippen LogP contribution is -2.34. The molecule has 2 unspecified atom stereocenters. The van der Waals surface area contributed by atoms with Crippen LogP contribution in [0.1, 0.15) is 37.8 Å². The molecule has 112 valence electrons. The van der Waals surface area contributed by atoms with Crippen LogP contribution in [0.15, 0.2) is 12.1 Å². The molecule has 0 bridgehead atoms. The maximum absolute atomic E-state index is 14.0. The summed E-state index contributed by atoms with van der Waals surface area (Å²) in [6, 6.07) is 1.24. The lowest BCUT2D eigenvalue weighted by atomic mass is 9.88. The number of nitrogens with one attached hydrogen (secondary N) is 1. The van der Waals surface area contributed by atoms with Crippen molar-refractivity contribution in [2.75, 3.05) is 19.8 Å². The fourth-order valence-corrected chi connectivity index (χ4v) is 2.64. The van der Waals surface area contributed by atoms with E-state index < -0.39 is 17.5 Å². The molecule has 1 aromatic carbocycles. The number of hydrogen-bond acceptors (Lipinski definition) is 2. The molecule has 1 saturated heterocycles. The van der Waals surface area contributed by atoms with Crippen LogP contribution >= 0.6 is 0 Å². The first kappa shape index (κ1) is 15.3. The van der Waals surface area contributed by atoms with Crippen LogP contribution in [0, 0.1) is 23.4 Å². The van der Waals surface area contributed by atoms with Crippen molar-refractivity contribution < 1.29 is 17.9 Å². The molecule has 0 saturated carbocycles. The molecular weight excluding hydrogens is 267 g/mol. The van der Waals surface area contributed by atoms with Crippen LogP contribution in [-0.2, 0) is 4.74 Å². The van der Waals surface area contributed by atoms with Gasteiger partial charge in [0, 0.05) is 30.2 Å². The van der Waals surface area contributed by atoms with E-state index in [-0.39, 0.29) is 17.5 Å². The minimum absolute atomic E-state index is 0.0784. The van der Waals surface area contributed by atoms with Gasteiger partial charge in [-0.3, -0.25) is 0 Å². The fraction of sp³-hybridized carbons (Fsp3) is 0.600. The Hall–Kier alpha value is -1.07.